The number of thiazole rings is 1. The number of rotatable bonds is 5. The highest BCUT2D eigenvalue weighted by Crippen LogP contribution is 2.33. The molecule has 0 saturated carbocycles. The van der Waals surface area contributed by atoms with Crippen molar-refractivity contribution < 1.29 is 14.3 Å². The fraction of sp³-hybridized carbons (Fsp3) is 0.533. The second kappa shape index (κ2) is 6.38. The van der Waals surface area contributed by atoms with E-state index in [0.29, 0.717) is 35.0 Å². The van der Waals surface area contributed by atoms with Crippen LogP contribution in [0, 0.1) is 5.92 Å². The van der Waals surface area contributed by atoms with Gasteiger partial charge >= 0.3 is 0 Å². The van der Waals surface area contributed by atoms with Crippen molar-refractivity contribution in [1.82, 2.24) is 14.5 Å². The van der Waals surface area contributed by atoms with E-state index in [1.54, 1.807) is 12.4 Å². The van der Waals surface area contributed by atoms with Gasteiger partial charge in [-0.1, -0.05) is 13.8 Å². The van der Waals surface area contributed by atoms with Crippen molar-refractivity contribution in [3.05, 3.63) is 28.5 Å². The highest BCUT2D eigenvalue weighted by atomic mass is 32.1. The first-order valence-electron chi connectivity index (χ1n) is 7.54. The summed E-state index contributed by atoms with van der Waals surface area (Å²) in [6, 6.07) is 0. The zero-order chi connectivity index (χ0) is 16.4. The van der Waals surface area contributed by atoms with E-state index >= 15 is 0 Å². The predicted octanol–water partition coefficient (Wildman–Crippen LogP) is 2.47. The van der Waals surface area contributed by atoms with Crippen LogP contribution in [-0.2, 0) is 21.8 Å². The molecule has 7 nitrogen and oxygen atoms in total. The Labute approximate surface area is 138 Å². The van der Waals surface area contributed by atoms with E-state index in [2.05, 4.69) is 29.1 Å². The summed E-state index contributed by atoms with van der Waals surface area (Å²) in [5, 5.41) is 3.47. The van der Waals surface area contributed by atoms with Gasteiger partial charge in [-0.15, -0.1) is 11.3 Å². The zero-order valence-electron chi connectivity index (χ0n) is 13.4. The average molecular weight is 336 g/mol. The molecule has 0 atom stereocenters. The number of anilines is 1. The summed E-state index contributed by atoms with van der Waals surface area (Å²) in [6.45, 7) is 7.90. The molecule has 2 aromatic rings. The van der Waals surface area contributed by atoms with Crippen LogP contribution in [0.5, 0.6) is 0 Å². The van der Waals surface area contributed by atoms with Gasteiger partial charge < -0.3 is 14.0 Å². The van der Waals surface area contributed by atoms with E-state index < -0.39 is 5.79 Å². The van der Waals surface area contributed by atoms with Gasteiger partial charge in [-0.2, -0.15) is 0 Å². The molecule has 1 aliphatic heterocycles. The molecule has 1 fully saturated rings. The Bertz CT molecular complexity index is 688. The lowest BCUT2D eigenvalue weighted by atomic mass is 10.2. The number of hydrogen-bond acceptors (Lipinski definition) is 6. The summed E-state index contributed by atoms with van der Waals surface area (Å²) < 4.78 is 13.1. The van der Waals surface area contributed by atoms with Gasteiger partial charge in [0.2, 0.25) is 11.7 Å². The summed E-state index contributed by atoms with van der Waals surface area (Å²) in [4.78, 5) is 21.4. The van der Waals surface area contributed by atoms with Gasteiger partial charge in [-0.25, -0.2) is 9.97 Å². The molecule has 1 aliphatic rings. The molecule has 8 heteroatoms. The molecule has 0 unspecified atom stereocenters. The minimum atomic E-state index is -0.848. The van der Waals surface area contributed by atoms with E-state index in [-0.39, 0.29) is 5.91 Å². The number of carbonyl (C=O) groups excluding carboxylic acids is 1. The summed E-state index contributed by atoms with van der Waals surface area (Å²) >= 11 is 1.27. The molecule has 0 bridgehead atoms. The standard InChI is InChI=1S/C15H20N4O3S/c1-10(2)9-19-5-4-16-14(19)18-12(20)11-8-17-13(23-11)15(3)21-6-7-22-15/h4-5,8,10H,6-7,9H2,1-3H3,(H,16,18,20). The summed E-state index contributed by atoms with van der Waals surface area (Å²) in [5.74, 6) is -0.0736. The van der Waals surface area contributed by atoms with Crippen LogP contribution < -0.4 is 5.32 Å². The molecule has 124 valence electrons. The minimum Gasteiger partial charge on any atom is -0.342 e. The zero-order valence-corrected chi connectivity index (χ0v) is 14.2. The van der Waals surface area contributed by atoms with E-state index in [1.165, 1.54) is 11.3 Å². The maximum absolute atomic E-state index is 12.4. The number of hydrogen-bond donors (Lipinski definition) is 1. The third-order valence-corrected chi connectivity index (χ3v) is 4.64. The molecule has 0 aromatic carbocycles. The number of ether oxygens (including phenoxy) is 2. The van der Waals surface area contributed by atoms with Gasteiger partial charge in [0.25, 0.3) is 5.91 Å². The van der Waals surface area contributed by atoms with Crippen LogP contribution in [0.25, 0.3) is 0 Å². The Morgan fingerprint density at radius 3 is 2.87 bits per heavy atom. The third-order valence-electron chi connectivity index (χ3n) is 3.46. The van der Waals surface area contributed by atoms with Crippen molar-refractivity contribution >= 4 is 23.2 Å². The van der Waals surface area contributed by atoms with Gasteiger partial charge in [0, 0.05) is 18.9 Å². The van der Waals surface area contributed by atoms with Crippen molar-refractivity contribution in [2.75, 3.05) is 18.5 Å². The van der Waals surface area contributed by atoms with Crippen molar-refractivity contribution in [1.29, 1.82) is 0 Å². The number of aromatic nitrogens is 3. The van der Waals surface area contributed by atoms with Crippen molar-refractivity contribution in [3.63, 3.8) is 0 Å². The maximum atomic E-state index is 12.4. The lowest BCUT2D eigenvalue weighted by molar-refractivity contribution is -0.149. The fourth-order valence-corrected chi connectivity index (χ4v) is 3.23. The summed E-state index contributed by atoms with van der Waals surface area (Å²) in [6.07, 6.45) is 5.08. The van der Waals surface area contributed by atoms with E-state index in [9.17, 15) is 4.79 Å². The highest BCUT2D eigenvalue weighted by Gasteiger charge is 2.36. The van der Waals surface area contributed by atoms with Crippen LogP contribution in [0.15, 0.2) is 18.6 Å². The van der Waals surface area contributed by atoms with Crippen molar-refractivity contribution in [2.24, 2.45) is 5.92 Å². The van der Waals surface area contributed by atoms with Crippen LogP contribution in [-0.4, -0.2) is 33.7 Å². The van der Waals surface area contributed by atoms with Crippen LogP contribution >= 0.6 is 11.3 Å². The normalized spacial score (nSPS) is 16.9. The molecule has 3 rings (SSSR count). The molecular weight excluding hydrogens is 316 g/mol. The monoisotopic (exact) mass is 336 g/mol. The first-order chi connectivity index (χ1) is 11.0. The Morgan fingerprint density at radius 1 is 1.43 bits per heavy atom. The second-order valence-corrected chi connectivity index (χ2v) is 6.95. The number of nitrogens with zero attached hydrogens (tertiary/aromatic N) is 3. The van der Waals surface area contributed by atoms with Crippen LogP contribution in [0.3, 0.4) is 0 Å². The van der Waals surface area contributed by atoms with E-state index in [4.69, 9.17) is 9.47 Å². The number of amides is 1. The molecule has 2 aromatic heterocycles. The van der Waals surface area contributed by atoms with Gasteiger partial charge in [-0.3, -0.25) is 10.1 Å². The average Bonchev–Trinajstić information content (AvgIpc) is 3.20. The first-order valence-corrected chi connectivity index (χ1v) is 8.36. The molecule has 23 heavy (non-hydrogen) atoms. The Balaban J connectivity index is 1.72. The highest BCUT2D eigenvalue weighted by molar-refractivity contribution is 7.13. The van der Waals surface area contributed by atoms with E-state index in [1.807, 2.05) is 17.7 Å². The Hall–Kier alpha value is -1.77. The molecule has 0 spiro atoms. The first kappa shape index (κ1) is 16.1. The fourth-order valence-electron chi connectivity index (χ4n) is 2.36. The van der Waals surface area contributed by atoms with Crippen LogP contribution in [0.2, 0.25) is 0 Å². The summed E-state index contributed by atoms with van der Waals surface area (Å²) in [5.41, 5.74) is 0. The van der Waals surface area contributed by atoms with Gasteiger partial charge in [-0.05, 0) is 12.8 Å². The number of imidazole rings is 1. The molecule has 1 amide bonds. The quantitative estimate of drug-likeness (QED) is 0.907. The van der Waals surface area contributed by atoms with E-state index in [0.717, 1.165) is 6.54 Å². The lowest BCUT2D eigenvalue weighted by Gasteiger charge is -2.18. The molecule has 1 saturated heterocycles. The minimum absolute atomic E-state index is 0.230. The number of nitrogens with one attached hydrogen (secondary N) is 1. The summed E-state index contributed by atoms with van der Waals surface area (Å²) in [7, 11) is 0. The second-order valence-electron chi connectivity index (χ2n) is 5.92. The van der Waals surface area contributed by atoms with Gasteiger partial charge in [0.05, 0.1) is 19.4 Å². The Morgan fingerprint density at radius 2 is 2.17 bits per heavy atom. The smallest absolute Gasteiger partial charge is 0.269 e. The molecular formula is C15H20N4O3S. The van der Waals surface area contributed by atoms with Gasteiger partial charge in [0.1, 0.15) is 4.88 Å². The predicted molar refractivity (Wildman–Crippen MR) is 86.4 cm³/mol. The third kappa shape index (κ3) is 3.44. The maximum Gasteiger partial charge on any atom is 0.269 e. The van der Waals surface area contributed by atoms with Gasteiger partial charge in [0.15, 0.2) is 5.01 Å². The van der Waals surface area contributed by atoms with Crippen molar-refractivity contribution in [3.8, 4) is 0 Å². The van der Waals surface area contributed by atoms with Crippen LogP contribution in [0.1, 0.15) is 35.5 Å². The molecule has 3 heterocycles. The molecule has 0 radical (unpaired) electrons. The largest absolute Gasteiger partial charge is 0.342 e. The molecule has 1 N–H and O–H groups in total. The molecule has 0 aliphatic carbocycles. The SMILES string of the molecule is CC(C)Cn1ccnc1NC(=O)c1cnc(C2(C)OCCO2)s1. The lowest BCUT2D eigenvalue weighted by Crippen LogP contribution is -2.21. The number of carbonyl (C=O) groups is 1. The van der Waals surface area contributed by atoms with Crippen LogP contribution in [0.4, 0.5) is 5.95 Å². The van der Waals surface area contributed by atoms with Crippen molar-refractivity contribution in [2.45, 2.75) is 33.1 Å². The Kier molecular flexibility index (Phi) is 4.47. The topological polar surface area (TPSA) is 78.3 Å².